The zero-order valence-electron chi connectivity index (χ0n) is 11.7. The second-order valence-corrected chi connectivity index (χ2v) is 5.43. The molecule has 1 amide bonds. The predicted molar refractivity (Wildman–Crippen MR) is 78.1 cm³/mol. The number of rotatable bonds is 6. The van der Waals surface area contributed by atoms with E-state index in [0.29, 0.717) is 19.0 Å². The zero-order chi connectivity index (χ0) is 13.8. The molecule has 19 heavy (non-hydrogen) atoms. The summed E-state index contributed by atoms with van der Waals surface area (Å²) in [6.45, 7) is 4.95. The van der Waals surface area contributed by atoms with Gasteiger partial charge in [-0.25, -0.2) is 0 Å². The summed E-state index contributed by atoms with van der Waals surface area (Å²) in [5.74, 6) is 0.616. The number of hydrogen-bond acceptors (Lipinski definition) is 3. The van der Waals surface area contributed by atoms with Crippen LogP contribution in [-0.2, 0) is 4.79 Å². The molecule has 0 saturated heterocycles. The van der Waals surface area contributed by atoms with E-state index in [2.05, 4.69) is 10.6 Å². The van der Waals surface area contributed by atoms with Crippen molar-refractivity contribution in [1.29, 1.82) is 0 Å². The molecular weight excluding hydrogens is 238 g/mol. The SMILES string of the molecule is Cc1cccc(C)c1NCC(=O)NCC(N)C1CC1. The molecule has 4 heteroatoms. The highest BCUT2D eigenvalue weighted by atomic mass is 16.1. The van der Waals surface area contributed by atoms with Crippen molar-refractivity contribution in [3.05, 3.63) is 29.3 Å². The molecular formula is C15H23N3O. The van der Waals surface area contributed by atoms with Crippen molar-refractivity contribution < 1.29 is 4.79 Å². The third-order valence-electron chi connectivity index (χ3n) is 3.67. The van der Waals surface area contributed by atoms with Crippen LogP contribution in [0.3, 0.4) is 0 Å². The minimum Gasteiger partial charge on any atom is -0.376 e. The van der Waals surface area contributed by atoms with Gasteiger partial charge in [-0.1, -0.05) is 18.2 Å². The lowest BCUT2D eigenvalue weighted by Crippen LogP contribution is -2.40. The van der Waals surface area contributed by atoms with Gasteiger partial charge in [0.15, 0.2) is 0 Å². The van der Waals surface area contributed by atoms with Crippen LogP contribution >= 0.6 is 0 Å². The van der Waals surface area contributed by atoms with E-state index in [1.54, 1.807) is 0 Å². The van der Waals surface area contributed by atoms with Crippen LogP contribution in [0.2, 0.25) is 0 Å². The topological polar surface area (TPSA) is 67.2 Å². The molecule has 4 N–H and O–H groups in total. The highest BCUT2D eigenvalue weighted by Crippen LogP contribution is 2.31. The molecule has 0 spiro atoms. The molecule has 1 aliphatic carbocycles. The Morgan fingerprint density at radius 2 is 2.00 bits per heavy atom. The third-order valence-corrected chi connectivity index (χ3v) is 3.67. The Hall–Kier alpha value is -1.55. The largest absolute Gasteiger partial charge is 0.376 e. The molecule has 1 fully saturated rings. The van der Waals surface area contributed by atoms with Gasteiger partial charge in [0.2, 0.25) is 5.91 Å². The van der Waals surface area contributed by atoms with E-state index in [9.17, 15) is 4.79 Å². The molecule has 2 rings (SSSR count). The van der Waals surface area contributed by atoms with E-state index in [0.717, 1.165) is 16.8 Å². The number of aryl methyl sites for hydroxylation is 2. The maximum Gasteiger partial charge on any atom is 0.239 e. The standard InChI is InChI=1S/C15H23N3O/c1-10-4-3-5-11(2)15(10)18-9-14(19)17-8-13(16)12-6-7-12/h3-5,12-13,18H,6-9,16H2,1-2H3,(H,17,19). The molecule has 4 nitrogen and oxygen atoms in total. The van der Waals surface area contributed by atoms with Gasteiger partial charge in [0.1, 0.15) is 0 Å². The maximum atomic E-state index is 11.8. The van der Waals surface area contributed by atoms with Gasteiger partial charge in [0, 0.05) is 18.3 Å². The fourth-order valence-electron chi connectivity index (χ4n) is 2.25. The van der Waals surface area contributed by atoms with Gasteiger partial charge in [-0.15, -0.1) is 0 Å². The minimum atomic E-state index is -0.00115. The van der Waals surface area contributed by atoms with Crippen LogP contribution in [0, 0.1) is 19.8 Å². The van der Waals surface area contributed by atoms with Gasteiger partial charge in [0.25, 0.3) is 0 Å². The molecule has 1 atom stereocenters. The molecule has 0 aromatic heterocycles. The number of anilines is 1. The normalized spacial score (nSPS) is 15.9. The summed E-state index contributed by atoms with van der Waals surface area (Å²) in [4.78, 5) is 11.8. The fourth-order valence-corrected chi connectivity index (χ4v) is 2.25. The van der Waals surface area contributed by atoms with Crippen molar-refractivity contribution in [3.63, 3.8) is 0 Å². The van der Waals surface area contributed by atoms with E-state index in [-0.39, 0.29) is 11.9 Å². The van der Waals surface area contributed by atoms with Gasteiger partial charge < -0.3 is 16.4 Å². The number of benzene rings is 1. The number of nitrogens with two attached hydrogens (primary N) is 1. The summed E-state index contributed by atoms with van der Waals surface area (Å²) in [6.07, 6.45) is 2.41. The molecule has 0 bridgehead atoms. The summed E-state index contributed by atoms with van der Waals surface area (Å²) in [5, 5.41) is 6.08. The summed E-state index contributed by atoms with van der Waals surface area (Å²) in [7, 11) is 0. The smallest absolute Gasteiger partial charge is 0.239 e. The Balaban J connectivity index is 1.76. The minimum absolute atomic E-state index is 0.00115. The lowest BCUT2D eigenvalue weighted by molar-refractivity contribution is -0.119. The fraction of sp³-hybridized carbons (Fsp3) is 0.533. The van der Waals surface area contributed by atoms with Crippen molar-refractivity contribution in [2.45, 2.75) is 32.7 Å². The molecule has 1 saturated carbocycles. The van der Waals surface area contributed by atoms with Crippen molar-refractivity contribution in [2.24, 2.45) is 11.7 Å². The van der Waals surface area contributed by atoms with Crippen LogP contribution in [0.15, 0.2) is 18.2 Å². The number of nitrogens with one attached hydrogen (secondary N) is 2. The van der Waals surface area contributed by atoms with Crippen molar-refractivity contribution >= 4 is 11.6 Å². The van der Waals surface area contributed by atoms with E-state index in [1.165, 1.54) is 12.8 Å². The van der Waals surface area contributed by atoms with Crippen molar-refractivity contribution in [1.82, 2.24) is 5.32 Å². The first kappa shape index (κ1) is 13.9. The van der Waals surface area contributed by atoms with Crippen LogP contribution in [-0.4, -0.2) is 25.0 Å². The number of para-hydroxylation sites is 1. The van der Waals surface area contributed by atoms with Gasteiger partial charge in [-0.3, -0.25) is 4.79 Å². The number of amides is 1. The van der Waals surface area contributed by atoms with E-state index in [1.807, 2.05) is 32.0 Å². The molecule has 1 aromatic carbocycles. The van der Waals surface area contributed by atoms with Crippen LogP contribution in [0.4, 0.5) is 5.69 Å². The second-order valence-electron chi connectivity index (χ2n) is 5.43. The first-order valence-electron chi connectivity index (χ1n) is 6.90. The number of carbonyl (C=O) groups excluding carboxylic acids is 1. The molecule has 0 aliphatic heterocycles. The molecule has 0 radical (unpaired) electrons. The Morgan fingerprint density at radius 3 is 2.58 bits per heavy atom. The summed E-state index contributed by atoms with van der Waals surface area (Å²) in [5.41, 5.74) is 9.30. The monoisotopic (exact) mass is 261 g/mol. The van der Waals surface area contributed by atoms with Gasteiger partial charge in [-0.2, -0.15) is 0 Å². The van der Waals surface area contributed by atoms with Gasteiger partial charge in [-0.05, 0) is 43.7 Å². The molecule has 1 aliphatic rings. The Bertz CT molecular complexity index is 434. The average Bonchev–Trinajstić information content (AvgIpc) is 3.19. The van der Waals surface area contributed by atoms with Crippen LogP contribution in [0.1, 0.15) is 24.0 Å². The Kier molecular flexibility index (Phi) is 4.43. The first-order valence-corrected chi connectivity index (χ1v) is 6.90. The molecule has 1 aromatic rings. The first-order chi connectivity index (χ1) is 9.08. The molecule has 104 valence electrons. The quantitative estimate of drug-likeness (QED) is 0.728. The summed E-state index contributed by atoms with van der Waals surface area (Å²) < 4.78 is 0. The van der Waals surface area contributed by atoms with Crippen LogP contribution in [0.5, 0.6) is 0 Å². The molecule has 0 heterocycles. The second kappa shape index (κ2) is 6.06. The van der Waals surface area contributed by atoms with Gasteiger partial charge in [0.05, 0.1) is 6.54 Å². The van der Waals surface area contributed by atoms with E-state index < -0.39 is 0 Å². The highest BCUT2D eigenvalue weighted by Gasteiger charge is 2.28. The summed E-state index contributed by atoms with van der Waals surface area (Å²) in [6, 6.07) is 6.21. The van der Waals surface area contributed by atoms with Crippen LogP contribution < -0.4 is 16.4 Å². The van der Waals surface area contributed by atoms with Crippen molar-refractivity contribution in [3.8, 4) is 0 Å². The van der Waals surface area contributed by atoms with Crippen molar-refractivity contribution in [2.75, 3.05) is 18.4 Å². The molecule has 1 unspecified atom stereocenters. The third kappa shape index (κ3) is 3.96. The van der Waals surface area contributed by atoms with E-state index >= 15 is 0 Å². The van der Waals surface area contributed by atoms with E-state index in [4.69, 9.17) is 5.73 Å². The maximum absolute atomic E-state index is 11.8. The lowest BCUT2D eigenvalue weighted by atomic mass is 10.1. The summed E-state index contributed by atoms with van der Waals surface area (Å²) >= 11 is 0. The lowest BCUT2D eigenvalue weighted by Gasteiger charge is -2.14. The Morgan fingerprint density at radius 1 is 1.37 bits per heavy atom. The highest BCUT2D eigenvalue weighted by molar-refractivity contribution is 5.81. The average molecular weight is 261 g/mol. The zero-order valence-corrected chi connectivity index (χ0v) is 11.7. The predicted octanol–water partition coefficient (Wildman–Crippen LogP) is 1.57. The van der Waals surface area contributed by atoms with Crippen LogP contribution in [0.25, 0.3) is 0 Å². The van der Waals surface area contributed by atoms with Gasteiger partial charge >= 0.3 is 0 Å². The number of carbonyl (C=O) groups is 1. The Labute approximate surface area is 114 Å². The number of hydrogen-bond donors (Lipinski definition) is 3.